The van der Waals surface area contributed by atoms with E-state index >= 15 is 0 Å². The van der Waals surface area contributed by atoms with Crippen LogP contribution in [-0.2, 0) is 10.0 Å². The summed E-state index contributed by atoms with van der Waals surface area (Å²) in [4.78, 5) is 4.51. The zero-order chi connectivity index (χ0) is 24.6. The fourth-order valence-corrected chi connectivity index (χ4v) is 4.81. The van der Waals surface area contributed by atoms with Crippen LogP contribution in [0.3, 0.4) is 0 Å². The van der Waals surface area contributed by atoms with Crippen molar-refractivity contribution in [2.45, 2.75) is 4.90 Å². The highest BCUT2D eigenvalue weighted by Gasteiger charge is 2.19. The van der Waals surface area contributed by atoms with E-state index in [-0.39, 0.29) is 16.3 Å². The van der Waals surface area contributed by atoms with Crippen LogP contribution in [0.2, 0.25) is 0 Å². The van der Waals surface area contributed by atoms with Gasteiger partial charge in [-0.3, -0.25) is 9.71 Å². The van der Waals surface area contributed by atoms with Crippen molar-refractivity contribution in [3.63, 3.8) is 0 Å². The molecule has 0 aliphatic carbocycles. The van der Waals surface area contributed by atoms with Gasteiger partial charge >= 0.3 is 0 Å². The number of hydrogen-bond acceptors (Lipinski definition) is 6. The van der Waals surface area contributed by atoms with E-state index in [1.807, 2.05) is 0 Å². The summed E-state index contributed by atoms with van der Waals surface area (Å²) in [5.41, 5.74) is 1.69. The molecule has 0 amide bonds. The van der Waals surface area contributed by atoms with Gasteiger partial charge in [-0.05, 0) is 47.3 Å². The number of methoxy groups -OCH3 is 1. The number of rotatable bonds is 6. The average molecular weight is 493 g/mol. The van der Waals surface area contributed by atoms with Crippen LogP contribution < -0.4 is 9.46 Å². The Morgan fingerprint density at radius 2 is 1.83 bits per heavy atom. The summed E-state index contributed by atoms with van der Waals surface area (Å²) in [7, 11) is -2.42. The number of fused-ring (bicyclic) bond motifs is 1. The molecule has 7 nitrogen and oxygen atoms in total. The summed E-state index contributed by atoms with van der Waals surface area (Å²) in [6.07, 6.45) is 2.82. The topological polar surface area (TPSA) is 94.3 Å². The molecule has 0 aliphatic rings. The van der Waals surface area contributed by atoms with Crippen molar-refractivity contribution >= 4 is 26.6 Å². The Labute approximate surface area is 199 Å². The van der Waals surface area contributed by atoms with Crippen molar-refractivity contribution in [1.29, 1.82) is 0 Å². The van der Waals surface area contributed by atoms with E-state index in [9.17, 15) is 17.2 Å². The minimum atomic E-state index is -3.89. The molecule has 1 N–H and O–H groups in total. The third-order valence-electron chi connectivity index (χ3n) is 5.44. The smallest absolute Gasteiger partial charge is 0.263 e. The van der Waals surface area contributed by atoms with Crippen molar-refractivity contribution in [2.24, 2.45) is 0 Å². The van der Waals surface area contributed by atoms with E-state index in [0.717, 1.165) is 6.07 Å². The highest BCUT2D eigenvalue weighted by Crippen LogP contribution is 2.37. The Morgan fingerprint density at radius 1 is 0.971 bits per heavy atom. The lowest BCUT2D eigenvalue weighted by Crippen LogP contribution is -2.13. The first kappa shape index (κ1) is 22.5. The number of pyridine rings is 1. The van der Waals surface area contributed by atoms with Crippen LogP contribution >= 0.6 is 0 Å². The van der Waals surface area contributed by atoms with Gasteiger partial charge in [-0.1, -0.05) is 29.4 Å². The van der Waals surface area contributed by atoms with Gasteiger partial charge < -0.3 is 9.26 Å². The lowest BCUT2D eigenvalue weighted by Gasteiger charge is -2.13. The van der Waals surface area contributed by atoms with Gasteiger partial charge in [0.2, 0.25) is 0 Å². The number of ether oxygens (including phenoxy) is 1. The quantitative estimate of drug-likeness (QED) is 0.329. The molecule has 5 aromatic rings. The summed E-state index contributed by atoms with van der Waals surface area (Å²) in [6, 6.07) is 16.6. The Morgan fingerprint density at radius 3 is 2.60 bits per heavy atom. The summed E-state index contributed by atoms with van der Waals surface area (Å²) >= 11 is 0. The largest absolute Gasteiger partial charge is 0.496 e. The maximum absolute atomic E-state index is 14.3. The van der Waals surface area contributed by atoms with Crippen LogP contribution in [-0.4, -0.2) is 25.7 Å². The lowest BCUT2D eigenvalue weighted by molar-refractivity contribution is 0.416. The second-order valence-corrected chi connectivity index (χ2v) is 9.23. The molecule has 2 aromatic heterocycles. The second kappa shape index (κ2) is 8.80. The number of aromatic nitrogens is 2. The molecule has 176 valence electrons. The molecule has 0 spiro atoms. The van der Waals surface area contributed by atoms with Crippen LogP contribution in [0.5, 0.6) is 5.75 Å². The predicted octanol–water partition coefficient (Wildman–Crippen LogP) is 5.64. The first-order valence-electron chi connectivity index (χ1n) is 10.3. The molecule has 3 aromatic carbocycles. The molecular formula is C25H17F2N3O4S. The molecular weight excluding hydrogens is 476 g/mol. The van der Waals surface area contributed by atoms with Gasteiger partial charge in [-0.2, -0.15) is 0 Å². The number of sulfonamides is 1. The molecule has 0 bridgehead atoms. The first-order valence-corrected chi connectivity index (χ1v) is 11.8. The number of hydrogen-bond donors (Lipinski definition) is 1. The van der Waals surface area contributed by atoms with Crippen molar-refractivity contribution in [3.05, 3.63) is 90.8 Å². The van der Waals surface area contributed by atoms with Crippen molar-refractivity contribution in [3.8, 4) is 28.1 Å². The van der Waals surface area contributed by atoms with Gasteiger partial charge in [-0.25, -0.2) is 17.2 Å². The van der Waals surface area contributed by atoms with E-state index in [1.165, 1.54) is 43.7 Å². The molecule has 0 saturated carbocycles. The average Bonchev–Trinajstić information content (AvgIpc) is 3.37. The minimum Gasteiger partial charge on any atom is -0.496 e. The third kappa shape index (κ3) is 4.19. The monoisotopic (exact) mass is 493 g/mol. The number of anilines is 1. The number of nitrogens with one attached hydrogen (secondary N) is 1. The number of nitrogens with zero attached hydrogens (tertiary/aromatic N) is 2. The van der Waals surface area contributed by atoms with E-state index in [4.69, 9.17) is 4.74 Å². The Balaban J connectivity index is 1.57. The second-order valence-electron chi connectivity index (χ2n) is 7.55. The van der Waals surface area contributed by atoms with E-state index in [1.54, 1.807) is 36.5 Å². The van der Waals surface area contributed by atoms with E-state index in [2.05, 4.69) is 19.4 Å². The Bertz CT molecular complexity index is 1660. The standard InChI is InChI=1S/C25H17F2N3O4S/c1-33-22-14-15(18-3-2-4-21(26)24(18)27)5-7-20(22)25-19-8-6-17(13-16(19)9-11-28-25)35(31,32)30-23-10-12-34-29-23/h2-14H,1H3,(H,29,30). The van der Waals surface area contributed by atoms with Crippen molar-refractivity contribution in [1.82, 2.24) is 10.1 Å². The number of halogens is 2. The predicted molar refractivity (Wildman–Crippen MR) is 126 cm³/mol. The highest BCUT2D eigenvalue weighted by molar-refractivity contribution is 7.92. The van der Waals surface area contributed by atoms with Gasteiger partial charge in [0.05, 0.1) is 17.7 Å². The van der Waals surface area contributed by atoms with E-state index < -0.39 is 21.7 Å². The van der Waals surface area contributed by atoms with Gasteiger partial charge in [0.15, 0.2) is 17.5 Å². The van der Waals surface area contributed by atoms with Gasteiger partial charge in [-0.15, -0.1) is 0 Å². The summed E-state index contributed by atoms with van der Waals surface area (Å²) in [6.45, 7) is 0. The highest BCUT2D eigenvalue weighted by atomic mass is 32.2. The molecule has 0 unspecified atom stereocenters. The molecule has 5 rings (SSSR count). The lowest BCUT2D eigenvalue weighted by atomic mass is 9.98. The van der Waals surface area contributed by atoms with Crippen LogP contribution in [0.1, 0.15) is 0 Å². The van der Waals surface area contributed by atoms with Crippen LogP contribution in [0.15, 0.2) is 88.6 Å². The normalized spacial score (nSPS) is 11.5. The first-order chi connectivity index (χ1) is 16.9. The minimum absolute atomic E-state index is 0.0362. The van der Waals surface area contributed by atoms with Crippen molar-refractivity contribution < 1.29 is 26.5 Å². The third-order valence-corrected chi connectivity index (χ3v) is 6.79. The molecule has 2 heterocycles. The van der Waals surface area contributed by atoms with Crippen molar-refractivity contribution in [2.75, 3.05) is 11.8 Å². The fourth-order valence-electron chi connectivity index (χ4n) is 3.78. The van der Waals surface area contributed by atoms with Gasteiger partial charge in [0.25, 0.3) is 10.0 Å². The van der Waals surface area contributed by atoms with Crippen LogP contribution in [0, 0.1) is 11.6 Å². The van der Waals surface area contributed by atoms with E-state index in [0.29, 0.717) is 33.3 Å². The van der Waals surface area contributed by atoms with Gasteiger partial charge in [0.1, 0.15) is 12.0 Å². The fraction of sp³-hybridized carbons (Fsp3) is 0.0400. The van der Waals surface area contributed by atoms with Crippen LogP contribution in [0.25, 0.3) is 33.2 Å². The molecule has 0 radical (unpaired) electrons. The summed E-state index contributed by atoms with van der Waals surface area (Å²) in [5, 5.41) is 4.87. The molecule has 0 saturated heterocycles. The zero-order valence-corrected chi connectivity index (χ0v) is 19.0. The Hall–Kier alpha value is -4.31. The molecule has 10 heteroatoms. The SMILES string of the molecule is COc1cc(-c2cccc(F)c2F)ccc1-c1nccc2cc(S(=O)(=O)Nc3ccon3)ccc12. The van der Waals surface area contributed by atoms with Crippen LogP contribution in [0.4, 0.5) is 14.6 Å². The molecule has 35 heavy (non-hydrogen) atoms. The number of benzene rings is 3. The maximum atomic E-state index is 14.3. The Kier molecular flexibility index (Phi) is 5.65. The molecule has 0 fully saturated rings. The zero-order valence-electron chi connectivity index (χ0n) is 18.2. The maximum Gasteiger partial charge on any atom is 0.263 e. The molecule has 0 aliphatic heterocycles. The van der Waals surface area contributed by atoms with Gasteiger partial charge in [0, 0.05) is 28.8 Å². The summed E-state index contributed by atoms with van der Waals surface area (Å²) < 4.78 is 66.1. The summed E-state index contributed by atoms with van der Waals surface area (Å²) in [5.74, 6) is -1.42. The molecule has 0 atom stereocenters.